The zero-order valence-electron chi connectivity index (χ0n) is 7.31. The van der Waals surface area contributed by atoms with Crippen LogP contribution in [0.3, 0.4) is 0 Å². The number of halogens is 3. The number of pyridine rings is 1. The molecule has 0 fully saturated rings. The molecule has 72 valence electrons. The fourth-order valence-electron chi connectivity index (χ4n) is 1.28. The van der Waals surface area contributed by atoms with Crippen molar-refractivity contribution < 1.29 is 0 Å². The van der Waals surface area contributed by atoms with Crippen LogP contribution in [0.4, 0.5) is 0 Å². The van der Waals surface area contributed by atoms with Crippen LogP contribution in [-0.2, 0) is 0 Å². The molecule has 0 unspecified atom stereocenters. The lowest BCUT2D eigenvalue weighted by molar-refractivity contribution is 1.38. The summed E-state index contributed by atoms with van der Waals surface area (Å²) in [5.41, 5.74) is 2.04. The highest BCUT2D eigenvalue weighted by Gasteiger charge is 2.05. The average molecular weight is 338 g/mol. The van der Waals surface area contributed by atoms with Crippen LogP contribution in [-0.4, -0.2) is 4.98 Å². The third-order valence-corrected chi connectivity index (χ3v) is 3.68. The van der Waals surface area contributed by atoms with Gasteiger partial charge in [0.2, 0.25) is 0 Å². The summed E-state index contributed by atoms with van der Waals surface area (Å²) in [5.74, 6) is 0. The van der Waals surface area contributed by atoms with E-state index in [1.54, 1.807) is 6.07 Å². The van der Waals surface area contributed by atoms with Crippen molar-refractivity contribution in [2.75, 3.05) is 0 Å². The smallest absolute Gasteiger partial charge is 0.131 e. The molecule has 0 aliphatic carbocycles. The first-order valence-corrected chi connectivity index (χ1v) is 5.83. The number of aryl methyl sites for hydroxylation is 1. The lowest BCUT2D eigenvalue weighted by atomic mass is 10.1. The molecule has 2 aromatic rings. The summed E-state index contributed by atoms with van der Waals surface area (Å²) in [6, 6.07) is 5.68. The van der Waals surface area contributed by atoms with Crippen molar-refractivity contribution >= 4 is 56.7 Å². The van der Waals surface area contributed by atoms with E-state index in [0.717, 1.165) is 10.9 Å². The van der Waals surface area contributed by atoms with Crippen LogP contribution in [0.2, 0.25) is 10.2 Å². The van der Waals surface area contributed by atoms with Gasteiger partial charge in [0.15, 0.2) is 0 Å². The summed E-state index contributed by atoms with van der Waals surface area (Å²) in [6.07, 6.45) is 0. The highest BCUT2D eigenvalue weighted by atomic mass is 127. The zero-order chi connectivity index (χ0) is 10.3. The third kappa shape index (κ3) is 1.83. The molecule has 1 heterocycles. The van der Waals surface area contributed by atoms with Gasteiger partial charge in [-0.2, -0.15) is 0 Å². The number of hydrogen-bond acceptors (Lipinski definition) is 1. The van der Waals surface area contributed by atoms with E-state index in [0.29, 0.717) is 10.2 Å². The van der Waals surface area contributed by atoms with Gasteiger partial charge < -0.3 is 0 Å². The Labute approximate surface area is 106 Å². The van der Waals surface area contributed by atoms with Gasteiger partial charge in [-0.05, 0) is 53.3 Å². The number of nitrogens with zero attached hydrogens (tertiary/aromatic N) is 1. The Balaban J connectivity index is 2.89. The van der Waals surface area contributed by atoms with Gasteiger partial charge in [-0.1, -0.05) is 23.2 Å². The van der Waals surface area contributed by atoms with Crippen molar-refractivity contribution in [2.24, 2.45) is 0 Å². The zero-order valence-corrected chi connectivity index (χ0v) is 11.0. The van der Waals surface area contributed by atoms with Crippen LogP contribution in [0, 0.1) is 10.5 Å². The van der Waals surface area contributed by atoms with Gasteiger partial charge in [-0.25, -0.2) is 4.98 Å². The first-order valence-electron chi connectivity index (χ1n) is 4.00. The SMILES string of the molecule is Cc1cc2c(Cl)cc(Cl)nc2cc1I. The van der Waals surface area contributed by atoms with Crippen LogP contribution < -0.4 is 0 Å². The van der Waals surface area contributed by atoms with E-state index in [4.69, 9.17) is 23.2 Å². The first kappa shape index (κ1) is 10.5. The molecule has 1 nitrogen and oxygen atoms in total. The van der Waals surface area contributed by atoms with Gasteiger partial charge in [0.25, 0.3) is 0 Å². The van der Waals surface area contributed by atoms with E-state index in [2.05, 4.69) is 27.6 Å². The molecule has 0 atom stereocenters. The highest BCUT2D eigenvalue weighted by Crippen LogP contribution is 2.28. The number of rotatable bonds is 0. The van der Waals surface area contributed by atoms with Crippen molar-refractivity contribution in [3.8, 4) is 0 Å². The van der Waals surface area contributed by atoms with E-state index in [9.17, 15) is 0 Å². The number of aromatic nitrogens is 1. The molecular formula is C10H6Cl2IN. The molecule has 0 saturated heterocycles. The second-order valence-corrected chi connectivity index (χ2v) is 5.00. The molecule has 0 aliphatic rings. The van der Waals surface area contributed by atoms with E-state index in [-0.39, 0.29) is 0 Å². The van der Waals surface area contributed by atoms with Crippen LogP contribution in [0.1, 0.15) is 5.56 Å². The van der Waals surface area contributed by atoms with E-state index >= 15 is 0 Å². The Hall–Kier alpha value is -0.0600. The van der Waals surface area contributed by atoms with Crippen molar-refractivity contribution in [1.82, 2.24) is 4.98 Å². The summed E-state index contributed by atoms with van der Waals surface area (Å²) in [6.45, 7) is 2.05. The van der Waals surface area contributed by atoms with Crippen LogP contribution >= 0.6 is 45.8 Å². The van der Waals surface area contributed by atoms with E-state index in [1.165, 1.54) is 9.13 Å². The quantitative estimate of drug-likeness (QED) is 0.511. The normalized spacial score (nSPS) is 10.9. The van der Waals surface area contributed by atoms with Gasteiger partial charge >= 0.3 is 0 Å². The second kappa shape index (κ2) is 3.83. The number of hydrogen-bond donors (Lipinski definition) is 0. The molecule has 1 aromatic heterocycles. The fourth-order valence-corrected chi connectivity index (χ4v) is 2.25. The van der Waals surface area contributed by atoms with Crippen LogP contribution in [0.5, 0.6) is 0 Å². The predicted octanol–water partition coefficient (Wildman–Crippen LogP) is 4.45. The molecule has 0 saturated carbocycles. The lowest BCUT2D eigenvalue weighted by Crippen LogP contribution is -1.86. The molecule has 0 radical (unpaired) electrons. The summed E-state index contributed by atoms with van der Waals surface area (Å²) in [5, 5.41) is 2.04. The van der Waals surface area contributed by atoms with Crippen molar-refractivity contribution in [2.45, 2.75) is 6.92 Å². The highest BCUT2D eigenvalue weighted by molar-refractivity contribution is 14.1. The maximum absolute atomic E-state index is 6.06. The number of benzene rings is 1. The van der Waals surface area contributed by atoms with Gasteiger partial charge in [-0.15, -0.1) is 0 Å². The lowest BCUT2D eigenvalue weighted by Gasteiger charge is -2.04. The maximum atomic E-state index is 6.06. The van der Waals surface area contributed by atoms with Crippen molar-refractivity contribution in [3.63, 3.8) is 0 Å². The second-order valence-electron chi connectivity index (χ2n) is 3.05. The minimum atomic E-state index is 0.433. The molecule has 0 bridgehead atoms. The van der Waals surface area contributed by atoms with Gasteiger partial charge in [-0.3, -0.25) is 0 Å². The van der Waals surface area contributed by atoms with Crippen molar-refractivity contribution in [1.29, 1.82) is 0 Å². The standard InChI is InChI=1S/C10H6Cl2IN/c1-5-2-6-7(11)3-10(12)14-9(6)4-8(5)13/h2-4H,1H3. The summed E-state index contributed by atoms with van der Waals surface area (Å²) < 4.78 is 1.17. The molecule has 4 heteroatoms. The molecule has 0 amide bonds. The first-order chi connectivity index (χ1) is 6.58. The summed E-state index contributed by atoms with van der Waals surface area (Å²) >= 11 is 14.1. The molecule has 1 aromatic carbocycles. The Bertz CT molecular complexity index is 511. The molecule has 2 rings (SSSR count). The topological polar surface area (TPSA) is 12.9 Å². The Morgan fingerprint density at radius 1 is 1.21 bits per heavy atom. The Morgan fingerprint density at radius 3 is 2.64 bits per heavy atom. The minimum absolute atomic E-state index is 0.433. The molecule has 0 N–H and O–H groups in total. The number of fused-ring (bicyclic) bond motifs is 1. The molecular weight excluding hydrogens is 332 g/mol. The fraction of sp³-hybridized carbons (Fsp3) is 0.100. The monoisotopic (exact) mass is 337 g/mol. The minimum Gasteiger partial charge on any atom is -0.236 e. The van der Waals surface area contributed by atoms with Crippen molar-refractivity contribution in [3.05, 3.63) is 37.5 Å². The molecule has 0 aliphatic heterocycles. The largest absolute Gasteiger partial charge is 0.236 e. The average Bonchev–Trinajstić information content (AvgIpc) is 2.08. The van der Waals surface area contributed by atoms with Gasteiger partial charge in [0.05, 0.1) is 10.5 Å². The van der Waals surface area contributed by atoms with Gasteiger partial charge in [0, 0.05) is 8.96 Å². The Morgan fingerprint density at radius 2 is 1.93 bits per heavy atom. The molecule has 14 heavy (non-hydrogen) atoms. The summed E-state index contributed by atoms with van der Waals surface area (Å²) in [7, 11) is 0. The van der Waals surface area contributed by atoms with E-state index < -0.39 is 0 Å². The summed E-state index contributed by atoms with van der Waals surface area (Å²) in [4.78, 5) is 4.21. The predicted molar refractivity (Wildman–Crippen MR) is 69.2 cm³/mol. The van der Waals surface area contributed by atoms with Crippen LogP contribution in [0.25, 0.3) is 10.9 Å². The van der Waals surface area contributed by atoms with Gasteiger partial charge in [0.1, 0.15) is 5.15 Å². The van der Waals surface area contributed by atoms with Crippen LogP contribution in [0.15, 0.2) is 18.2 Å². The third-order valence-electron chi connectivity index (χ3n) is 2.01. The Kier molecular flexibility index (Phi) is 2.86. The maximum Gasteiger partial charge on any atom is 0.131 e. The molecule has 0 spiro atoms. The van der Waals surface area contributed by atoms with E-state index in [1.807, 2.05) is 19.1 Å².